The highest BCUT2D eigenvalue weighted by atomic mass is 32.2. The van der Waals surface area contributed by atoms with Gasteiger partial charge in [-0.2, -0.15) is 0 Å². The Morgan fingerprint density at radius 2 is 1.69 bits per heavy atom. The summed E-state index contributed by atoms with van der Waals surface area (Å²) in [5.74, 6) is -1.27. The zero-order chi connectivity index (χ0) is 22.6. The topological polar surface area (TPSA) is 94.8 Å². The van der Waals surface area contributed by atoms with E-state index in [4.69, 9.17) is 4.74 Å². The number of fused-ring (bicyclic) bond motifs is 2. The van der Waals surface area contributed by atoms with Gasteiger partial charge in [0.05, 0.1) is 29.2 Å². The van der Waals surface area contributed by atoms with Gasteiger partial charge in [-0.25, -0.2) is 12.4 Å². The first-order chi connectivity index (χ1) is 15.3. The lowest BCUT2D eigenvalue weighted by Crippen LogP contribution is -2.39. The monoisotopic (exact) mass is 448 g/mol. The predicted octanol–water partition coefficient (Wildman–Crippen LogP) is 3.28. The largest absolute Gasteiger partial charge is 0.497 e. The molecule has 0 spiro atoms. The van der Waals surface area contributed by atoms with E-state index in [1.165, 1.54) is 24.4 Å². The van der Waals surface area contributed by atoms with Crippen LogP contribution in [0.4, 0.5) is 0 Å². The Labute approximate surface area is 185 Å². The number of carbonyl (C=O) groups is 2. The van der Waals surface area contributed by atoms with Gasteiger partial charge in [-0.05, 0) is 42.8 Å². The van der Waals surface area contributed by atoms with E-state index < -0.39 is 27.5 Å². The molecule has 2 unspecified atom stereocenters. The summed E-state index contributed by atoms with van der Waals surface area (Å²) in [5, 5.41) is 0. The van der Waals surface area contributed by atoms with Gasteiger partial charge in [-0.3, -0.25) is 14.6 Å². The molecule has 0 N–H and O–H groups in total. The van der Waals surface area contributed by atoms with Gasteiger partial charge in [0.15, 0.2) is 5.78 Å². The summed E-state index contributed by atoms with van der Waals surface area (Å²) >= 11 is 0. The zero-order valence-electron chi connectivity index (χ0n) is 17.5. The molecule has 1 aliphatic heterocycles. The highest BCUT2D eigenvalue weighted by Gasteiger charge is 2.48. The van der Waals surface area contributed by atoms with Gasteiger partial charge in [0, 0.05) is 18.7 Å². The van der Waals surface area contributed by atoms with Crippen LogP contribution in [0.25, 0.3) is 0 Å². The Morgan fingerprint density at radius 3 is 2.34 bits per heavy atom. The second-order valence-electron chi connectivity index (χ2n) is 7.97. The standard InChI is InChI=1S/C24H20N2O5S/c1-14-3-9-17(10-4-14)32(29,30)26-12-11-18-22(26)24(28)20-19(13-25-21(20)23(18)27)15-5-7-16(31-2)8-6-15/h3-12,19-20H,13H2,1-2H3. The van der Waals surface area contributed by atoms with E-state index in [1.807, 2.05) is 19.1 Å². The molecule has 2 aliphatic rings. The van der Waals surface area contributed by atoms with Crippen LogP contribution in [-0.4, -0.2) is 43.3 Å². The number of methoxy groups -OCH3 is 1. The Kier molecular flexibility index (Phi) is 4.63. The molecular weight excluding hydrogens is 428 g/mol. The number of aliphatic imine (C=N–C) groups is 1. The van der Waals surface area contributed by atoms with E-state index >= 15 is 0 Å². The molecular formula is C24H20N2O5S. The van der Waals surface area contributed by atoms with E-state index in [2.05, 4.69) is 4.99 Å². The van der Waals surface area contributed by atoms with E-state index in [9.17, 15) is 18.0 Å². The number of carbonyl (C=O) groups excluding carboxylic acids is 2. The zero-order valence-corrected chi connectivity index (χ0v) is 18.3. The van der Waals surface area contributed by atoms with Crippen molar-refractivity contribution in [3.63, 3.8) is 0 Å². The van der Waals surface area contributed by atoms with Crippen molar-refractivity contribution in [2.75, 3.05) is 13.7 Å². The minimum atomic E-state index is -4.04. The molecule has 1 aromatic heterocycles. The van der Waals surface area contributed by atoms with Crippen LogP contribution >= 0.6 is 0 Å². The molecule has 0 radical (unpaired) electrons. The van der Waals surface area contributed by atoms with Crippen molar-refractivity contribution in [2.45, 2.75) is 17.7 Å². The maximum absolute atomic E-state index is 13.6. The van der Waals surface area contributed by atoms with Crippen molar-refractivity contribution < 1.29 is 22.7 Å². The lowest BCUT2D eigenvalue weighted by atomic mass is 9.76. The molecule has 2 aromatic carbocycles. The number of rotatable bonds is 4. The lowest BCUT2D eigenvalue weighted by molar-refractivity contribution is 0.0909. The van der Waals surface area contributed by atoms with Crippen LogP contribution < -0.4 is 4.74 Å². The minimum Gasteiger partial charge on any atom is -0.497 e. The molecule has 0 bridgehead atoms. The number of ketones is 2. The number of Topliss-reactive ketones (excluding diaryl/α,β-unsaturated/α-hetero) is 2. The number of aromatic nitrogens is 1. The summed E-state index contributed by atoms with van der Waals surface area (Å²) in [7, 11) is -2.47. The Hall–Kier alpha value is -3.52. The second kappa shape index (κ2) is 7.27. The van der Waals surface area contributed by atoms with Crippen LogP contribution in [0.15, 0.2) is 70.7 Å². The van der Waals surface area contributed by atoms with Crippen LogP contribution in [0.5, 0.6) is 5.75 Å². The molecule has 0 saturated carbocycles. The van der Waals surface area contributed by atoms with Gasteiger partial charge < -0.3 is 4.74 Å². The van der Waals surface area contributed by atoms with Crippen LogP contribution in [0.2, 0.25) is 0 Å². The van der Waals surface area contributed by atoms with Gasteiger partial charge in [-0.1, -0.05) is 29.8 Å². The molecule has 3 aromatic rings. The molecule has 5 rings (SSSR count). The molecule has 2 heterocycles. The van der Waals surface area contributed by atoms with Gasteiger partial charge >= 0.3 is 0 Å². The molecule has 2 atom stereocenters. The minimum absolute atomic E-state index is 0.0549. The van der Waals surface area contributed by atoms with E-state index in [0.29, 0.717) is 12.3 Å². The normalized spacial score (nSPS) is 20.0. The molecule has 7 nitrogen and oxygen atoms in total. The molecule has 162 valence electrons. The molecule has 1 aliphatic carbocycles. The molecule has 32 heavy (non-hydrogen) atoms. The average Bonchev–Trinajstić information content (AvgIpc) is 3.44. The summed E-state index contributed by atoms with van der Waals surface area (Å²) in [6.45, 7) is 2.15. The fourth-order valence-corrected chi connectivity index (χ4v) is 5.77. The summed E-state index contributed by atoms with van der Waals surface area (Å²) < 4.78 is 32.7. The Balaban J connectivity index is 1.59. The number of hydrogen-bond acceptors (Lipinski definition) is 6. The predicted molar refractivity (Wildman–Crippen MR) is 118 cm³/mol. The van der Waals surface area contributed by atoms with Crippen molar-refractivity contribution in [3.8, 4) is 5.75 Å². The van der Waals surface area contributed by atoms with Crippen molar-refractivity contribution in [3.05, 3.63) is 83.2 Å². The maximum atomic E-state index is 13.6. The van der Waals surface area contributed by atoms with Gasteiger partial charge in [0.1, 0.15) is 11.4 Å². The summed E-state index contributed by atoms with van der Waals surface area (Å²) in [6.07, 6.45) is 1.28. The third-order valence-electron chi connectivity index (χ3n) is 6.12. The van der Waals surface area contributed by atoms with Crippen molar-refractivity contribution in [2.24, 2.45) is 10.9 Å². The molecule has 0 saturated heterocycles. The molecule has 8 heteroatoms. The number of benzene rings is 2. The first-order valence-corrected chi connectivity index (χ1v) is 11.6. The summed E-state index contributed by atoms with van der Waals surface area (Å²) in [4.78, 5) is 31.2. The van der Waals surface area contributed by atoms with Gasteiger partial charge in [0.2, 0.25) is 5.78 Å². The van der Waals surface area contributed by atoms with E-state index in [0.717, 1.165) is 15.1 Å². The smallest absolute Gasteiger partial charge is 0.268 e. The third kappa shape index (κ3) is 2.94. The van der Waals surface area contributed by atoms with Crippen LogP contribution in [0.1, 0.15) is 37.9 Å². The number of aryl methyl sites for hydroxylation is 1. The van der Waals surface area contributed by atoms with Crippen LogP contribution in [-0.2, 0) is 10.0 Å². The summed E-state index contributed by atoms with van der Waals surface area (Å²) in [6, 6.07) is 15.0. The first kappa shape index (κ1) is 20.4. The first-order valence-electron chi connectivity index (χ1n) is 10.1. The number of nitrogens with zero attached hydrogens (tertiary/aromatic N) is 2. The van der Waals surface area contributed by atoms with Crippen molar-refractivity contribution in [1.29, 1.82) is 0 Å². The van der Waals surface area contributed by atoms with Gasteiger partial charge in [0.25, 0.3) is 10.0 Å². The van der Waals surface area contributed by atoms with E-state index in [-0.39, 0.29) is 27.8 Å². The SMILES string of the molecule is COc1ccc(C2CN=C3C(=O)c4ccn(S(=O)(=O)c5ccc(C)cc5)c4C(=O)C32)cc1. The van der Waals surface area contributed by atoms with Crippen LogP contribution in [0, 0.1) is 12.8 Å². The summed E-state index contributed by atoms with van der Waals surface area (Å²) in [5.41, 5.74) is 1.95. The highest BCUT2D eigenvalue weighted by Crippen LogP contribution is 2.40. The highest BCUT2D eigenvalue weighted by molar-refractivity contribution is 7.90. The average molecular weight is 449 g/mol. The quantitative estimate of drug-likeness (QED) is 0.611. The number of hydrogen-bond donors (Lipinski definition) is 0. The number of ether oxygens (including phenoxy) is 1. The second-order valence-corrected chi connectivity index (χ2v) is 9.78. The molecule has 0 amide bonds. The fraction of sp³-hybridized carbons (Fsp3) is 0.208. The molecule has 0 fully saturated rings. The third-order valence-corrected chi connectivity index (χ3v) is 7.81. The maximum Gasteiger partial charge on any atom is 0.268 e. The van der Waals surface area contributed by atoms with Crippen LogP contribution in [0.3, 0.4) is 0 Å². The Bertz CT molecular complexity index is 1380. The van der Waals surface area contributed by atoms with Crippen molar-refractivity contribution in [1.82, 2.24) is 3.97 Å². The Morgan fingerprint density at radius 1 is 1.00 bits per heavy atom. The van der Waals surface area contributed by atoms with Gasteiger partial charge in [-0.15, -0.1) is 0 Å². The van der Waals surface area contributed by atoms with E-state index in [1.54, 1.807) is 31.4 Å². The lowest BCUT2D eigenvalue weighted by Gasteiger charge is -2.25. The van der Waals surface area contributed by atoms with Crippen molar-refractivity contribution >= 4 is 27.3 Å². The fourth-order valence-electron chi connectivity index (χ4n) is 4.41.